The summed E-state index contributed by atoms with van der Waals surface area (Å²) in [5.41, 5.74) is 1.78. The molecule has 0 amide bonds. The molecular formula is C15H16N2O4. The van der Waals surface area contributed by atoms with E-state index in [1.165, 1.54) is 10.9 Å². The number of nitrogens with zero attached hydrogens (tertiary/aromatic N) is 2. The highest BCUT2D eigenvalue weighted by atomic mass is 16.5. The van der Waals surface area contributed by atoms with Crippen LogP contribution < -0.4 is 0 Å². The Morgan fingerprint density at radius 3 is 2.52 bits per heavy atom. The van der Waals surface area contributed by atoms with Crippen LogP contribution in [0.15, 0.2) is 30.5 Å². The number of ether oxygens (including phenoxy) is 1. The Morgan fingerprint density at radius 2 is 1.95 bits per heavy atom. The third kappa shape index (κ3) is 3.47. The molecule has 0 aliphatic heterocycles. The zero-order valence-corrected chi connectivity index (χ0v) is 11.9. The molecule has 6 nitrogen and oxygen atoms in total. The van der Waals surface area contributed by atoms with E-state index in [0.29, 0.717) is 6.54 Å². The number of carboxylic acids is 1. The summed E-state index contributed by atoms with van der Waals surface area (Å²) in [7, 11) is 0. The van der Waals surface area contributed by atoms with E-state index in [4.69, 9.17) is 9.84 Å². The molecule has 0 saturated carbocycles. The highest BCUT2D eigenvalue weighted by molar-refractivity contribution is 6.00. The van der Waals surface area contributed by atoms with Crippen LogP contribution in [0.5, 0.6) is 0 Å². The van der Waals surface area contributed by atoms with Gasteiger partial charge in [-0.25, -0.2) is 9.59 Å². The lowest BCUT2D eigenvalue weighted by molar-refractivity contribution is 0.0507. The van der Waals surface area contributed by atoms with Crippen LogP contribution in [0.3, 0.4) is 0 Å². The Morgan fingerprint density at radius 1 is 1.29 bits per heavy atom. The molecule has 0 aliphatic carbocycles. The number of aryl methyl sites for hydroxylation is 1. The highest BCUT2D eigenvalue weighted by Gasteiger charge is 2.22. The molecule has 1 N–H and O–H groups in total. The largest absolute Gasteiger partial charge is 0.478 e. The number of aromatic carboxylic acids is 1. The molecule has 0 fully saturated rings. The molecule has 0 aliphatic rings. The number of esters is 1. The predicted octanol–water partition coefficient (Wildman–Crippen LogP) is 2.11. The second-order valence-electron chi connectivity index (χ2n) is 4.60. The molecular weight excluding hydrogens is 272 g/mol. The minimum Gasteiger partial charge on any atom is -0.478 e. The van der Waals surface area contributed by atoms with Crippen LogP contribution in [0.25, 0.3) is 0 Å². The van der Waals surface area contributed by atoms with E-state index in [9.17, 15) is 9.59 Å². The summed E-state index contributed by atoms with van der Waals surface area (Å²) in [5, 5.41) is 13.2. The van der Waals surface area contributed by atoms with Gasteiger partial charge >= 0.3 is 11.9 Å². The first-order valence-electron chi connectivity index (χ1n) is 6.54. The van der Waals surface area contributed by atoms with Gasteiger partial charge in [0.1, 0.15) is 5.56 Å². The fourth-order valence-corrected chi connectivity index (χ4v) is 1.89. The van der Waals surface area contributed by atoms with E-state index in [2.05, 4.69) is 5.10 Å². The van der Waals surface area contributed by atoms with Crippen LogP contribution in [0.2, 0.25) is 0 Å². The first-order chi connectivity index (χ1) is 10.0. The molecule has 0 saturated heterocycles. The van der Waals surface area contributed by atoms with Crippen molar-refractivity contribution in [1.82, 2.24) is 9.78 Å². The number of benzene rings is 1. The third-order valence-electron chi connectivity index (χ3n) is 2.93. The molecule has 1 heterocycles. The van der Waals surface area contributed by atoms with Crippen LogP contribution in [0.1, 0.15) is 38.9 Å². The number of aromatic nitrogens is 2. The number of carboxylic acid groups (broad SMARTS) is 1. The Labute approximate surface area is 122 Å². The smallest absolute Gasteiger partial charge is 0.359 e. The van der Waals surface area contributed by atoms with Crippen molar-refractivity contribution in [2.24, 2.45) is 0 Å². The quantitative estimate of drug-likeness (QED) is 0.852. The topological polar surface area (TPSA) is 81.4 Å². The van der Waals surface area contributed by atoms with Crippen LogP contribution in [-0.2, 0) is 11.3 Å². The van der Waals surface area contributed by atoms with Crippen molar-refractivity contribution in [3.8, 4) is 0 Å². The van der Waals surface area contributed by atoms with E-state index in [1.54, 1.807) is 6.92 Å². The number of hydrogen-bond donors (Lipinski definition) is 1. The van der Waals surface area contributed by atoms with Crippen molar-refractivity contribution < 1.29 is 19.4 Å². The third-order valence-corrected chi connectivity index (χ3v) is 2.93. The molecule has 2 rings (SSSR count). The predicted molar refractivity (Wildman–Crippen MR) is 75.4 cm³/mol. The standard InChI is InChI=1S/C15H16N2O4/c1-3-21-15(20)13-12(14(18)19)9-17(16-13)8-11-6-4-10(2)5-7-11/h4-7,9H,3,8H2,1-2H3,(H,18,19). The van der Waals surface area contributed by atoms with Crippen molar-refractivity contribution in [1.29, 1.82) is 0 Å². The molecule has 0 unspecified atom stereocenters. The summed E-state index contributed by atoms with van der Waals surface area (Å²) in [6.45, 7) is 4.20. The lowest BCUT2D eigenvalue weighted by atomic mass is 10.1. The van der Waals surface area contributed by atoms with Crippen LogP contribution in [-0.4, -0.2) is 33.4 Å². The maximum Gasteiger partial charge on any atom is 0.359 e. The summed E-state index contributed by atoms with van der Waals surface area (Å²) >= 11 is 0. The number of carbonyl (C=O) groups excluding carboxylic acids is 1. The summed E-state index contributed by atoms with van der Waals surface area (Å²) in [5.74, 6) is -1.93. The second-order valence-corrected chi connectivity index (χ2v) is 4.60. The van der Waals surface area contributed by atoms with Gasteiger partial charge in [0.25, 0.3) is 0 Å². The molecule has 110 valence electrons. The molecule has 0 bridgehead atoms. The van der Waals surface area contributed by atoms with Gasteiger partial charge in [-0.15, -0.1) is 0 Å². The van der Waals surface area contributed by atoms with Crippen LogP contribution in [0, 0.1) is 6.92 Å². The van der Waals surface area contributed by atoms with Crippen molar-refractivity contribution in [3.05, 3.63) is 52.8 Å². The summed E-state index contributed by atoms with van der Waals surface area (Å²) in [6, 6.07) is 7.79. The zero-order valence-electron chi connectivity index (χ0n) is 11.9. The average molecular weight is 288 g/mol. The molecule has 0 radical (unpaired) electrons. The number of hydrogen-bond acceptors (Lipinski definition) is 4. The van der Waals surface area contributed by atoms with Crippen LogP contribution >= 0.6 is 0 Å². The fourth-order valence-electron chi connectivity index (χ4n) is 1.89. The van der Waals surface area contributed by atoms with Crippen molar-refractivity contribution in [2.75, 3.05) is 6.61 Å². The van der Waals surface area contributed by atoms with Gasteiger partial charge in [-0.3, -0.25) is 4.68 Å². The molecule has 21 heavy (non-hydrogen) atoms. The first-order valence-corrected chi connectivity index (χ1v) is 6.54. The normalized spacial score (nSPS) is 10.4. The Bertz CT molecular complexity index is 659. The maximum absolute atomic E-state index is 11.7. The SMILES string of the molecule is CCOC(=O)c1nn(Cc2ccc(C)cc2)cc1C(=O)O. The monoisotopic (exact) mass is 288 g/mol. The van der Waals surface area contributed by atoms with Crippen molar-refractivity contribution >= 4 is 11.9 Å². The van der Waals surface area contributed by atoms with Gasteiger partial charge in [0, 0.05) is 6.20 Å². The van der Waals surface area contributed by atoms with Gasteiger partial charge in [0.05, 0.1) is 13.2 Å². The number of rotatable bonds is 5. The fraction of sp³-hybridized carbons (Fsp3) is 0.267. The lowest BCUT2D eigenvalue weighted by Gasteiger charge is -2.02. The van der Waals surface area contributed by atoms with Gasteiger partial charge in [0.2, 0.25) is 0 Å². The molecule has 6 heteroatoms. The molecule has 0 spiro atoms. The van der Waals surface area contributed by atoms with E-state index in [1.807, 2.05) is 31.2 Å². The molecule has 1 aromatic carbocycles. The summed E-state index contributed by atoms with van der Waals surface area (Å²) in [6.07, 6.45) is 1.34. The second kappa shape index (κ2) is 6.21. The highest BCUT2D eigenvalue weighted by Crippen LogP contribution is 2.11. The summed E-state index contributed by atoms with van der Waals surface area (Å²) < 4.78 is 6.25. The average Bonchev–Trinajstić information content (AvgIpc) is 2.86. The Kier molecular flexibility index (Phi) is 4.37. The van der Waals surface area contributed by atoms with Gasteiger partial charge in [-0.05, 0) is 19.4 Å². The number of carbonyl (C=O) groups is 2. The van der Waals surface area contributed by atoms with Crippen molar-refractivity contribution in [3.63, 3.8) is 0 Å². The minimum absolute atomic E-state index is 0.152. The van der Waals surface area contributed by atoms with Gasteiger partial charge in [0.15, 0.2) is 5.69 Å². The first kappa shape index (κ1) is 14.8. The maximum atomic E-state index is 11.7. The minimum atomic E-state index is -1.20. The molecule has 0 atom stereocenters. The lowest BCUT2D eigenvalue weighted by Crippen LogP contribution is -2.11. The van der Waals surface area contributed by atoms with Gasteiger partial charge < -0.3 is 9.84 Å². The van der Waals surface area contributed by atoms with E-state index in [0.717, 1.165) is 11.1 Å². The van der Waals surface area contributed by atoms with E-state index < -0.39 is 11.9 Å². The molecule has 2 aromatic rings. The van der Waals surface area contributed by atoms with Crippen LogP contribution in [0.4, 0.5) is 0 Å². The van der Waals surface area contributed by atoms with Gasteiger partial charge in [-0.1, -0.05) is 29.8 Å². The van der Waals surface area contributed by atoms with E-state index in [-0.39, 0.29) is 17.9 Å². The Hall–Kier alpha value is -2.63. The Balaban J connectivity index is 2.28. The van der Waals surface area contributed by atoms with Gasteiger partial charge in [-0.2, -0.15) is 5.10 Å². The zero-order chi connectivity index (χ0) is 15.4. The van der Waals surface area contributed by atoms with Crippen molar-refractivity contribution in [2.45, 2.75) is 20.4 Å². The molecule has 1 aromatic heterocycles. The summed E-state index contributed by atoms with van der Waals surface area (Å²) in [4.78, 5) is 22.9. The van der Waals surface area contributed by atoms with E-state index >= 15 is 0 Å².